The third-order valence-electron chi connectivity index (χ3n) is 7.73. The van der Waals surface area contributed by atoms with Crippen LogP contribution in [0, 0.1) is 5.92 Å². The highest BCUT2D eigenvalue weighted by molar-refractivity contribution is 5.84. The van der Waals surface area contributed by atoms with Gasteiger partial charge in [-0.3, -0.25) is 4.79 Å². The first-order valence-electron chi connectivity index (χ1n) is 13.3. The van der Waals surface area contributed by atoms with E-state index in [1.807, 2.05) is 30.3 Å². The molecular weight excluding hydrogens is 444 g/mol. The minimum absolute atomic E-state index is 0.0222. The van der Waals surface area contributed by atoms with Crippen LogP contribution < -0.4 is 5.32 Å². The Hall–Kier alpha value is -3.37. The van der Waals surface area contributed by atoms with Crippen LogP contribution in [0.2, 0.25) is 0 Å². The second kappa shape index (κ2) is 11.6. The zero-order valence-corrected chi connectivity index (χ0v) is 20.9. The molecule has 0 saturated heterocycles. The lowest BCUT2D eigenvalue weighted by molar-refractivity contribution is -0.125. The Labute approximate surface area is 214 Å². The molecule has 2 N–H and O–H groups in total. The van der Waals surface area contributed by atoms with E-state index in [1.165, 1.54) is 42.1 Å². The van der Waals surface area contributed by atoms with Crippen LogP contribution in [-0.2, 0) is 11.3 Å². The Morgan fingerprint density at radius 3 is 2.25 bits per heavy atom. The van der Waals surface area contributed by atoms with E-state index in [0.717, 1.165) is 30.5 Å². The Morgan fingerprint density at radius 1 is 0.833 bits per heavy atom. The van der Waals surface area contributed by atoms with Crippen LogP contribution in [0.15, 0.2) is 91.1 Å². The van der Waals surface area contributed by atoms with Crippen LogP contribution in [0.1, 0.15) is 67.2 Å². The maximum Gasteiger partial charge on any atom is 0.228 e. The molecule has 4 nitrogen and oxygen atoms in total. The number of nitrogens with zero attached hydrogens (tertiary/aromatic N) is 1. The van der Waals surface area contributed by atoms with Gasteiger partial charge in [-0.15, -0.1) is 0 Å². The minimum atomic E-state index is -0.395. The Kier molecular flexibility index (Phi) is 7.82. The van der Waals surface area contributed by atoms with Crippen LogP contribution in [-0.4, -0.2) is 22.2 Å². The molecule has 0 bridgehead atoms. The van der Waals surface area contributed by atoms with Gasteiger partial charge in [0.15, 0.2) is 0 Å². The van der Waals surface area contributed by atoms with E-state index in [4.69, 9.17) is 0 Å². The maximum atomic E-state index is 13.8. The van der Waals surface area contributed by atoms with E-state index in [2.05, 4.69) is 70.7 Å². The van der Waals surface area contributed by atoms with Crippen molar-refractivity contribution < 1.29 is 9.90 Å². The topological polar surface area (TPSA) is 54.3 Å². The first-order valence-corrected chi connectivity index (χ1v) is 13.3. The third-order valence-corrected chi connectivity index (χ3v) is 7.73. The molecule has 2 atom stereocenters. The molecule has 1 heterocycles. The molecule has 1 saturated carbocycles. The van der Waals surface area contributed by atoms with Crippen molar-refractivity contribution in [3.05, 3.63) is 108 Å². The molecule has 5 rings (SSSR count). The van der Waals surface area contributed by atoms with Crippen molar-refractivity contribution in [1.29, 1.82) is 0 Å². The average molecular weight is 481 g/mol. The molecule has 1 aliphatic carbocycles. The molecule has 0 spiro atoms. The fourth-order valence-corrected chi connectivity index (χ4v) is 5.77. The maximum absolute atomic E-state index is 13.8. The molecule has 1 aliphatic rings. The lowest BCUT2D eigenvalue weighted by atomic mass is 9.80. The quantitative estimate of drug-likeness (QED) is 0.279. The van der Waals surface area contributed by atoms with Crippen molar-refractivity contribution in [2.75, 3.05) is 6.61 Å². The standard InChI is InChI=1S/C32H36N2O2/c35-23-29(25-10-6-3-7-11-25)33-32(36)31(27-13-4-1-2-5-14-27)28-18-16-24(17-19-28)22-34-21-20-26-12-8-9-15-30(26)34/h3,6-12,15-21,27,29,31,35H,1-2,4-5,13-14,22-23H2,(H,33,36)/t29-,31?/m1/s1. The van der Waals surface area contributed by atoms with E-state index in [0.29, 0.717) is 5.92 Å². The highest BCUT2D eigenvalue weighted by Crippen LogP contribution is 2.36. The highest BCUT2D eigenvalue weighted by Gasteiger charge is 2.31. The van der Waals surface area contributed by atoms with E-state index in [-0.39, 0.29) is 18.4 Å². The van der Waals surface area contributed by atoms with E-state index < -0.39 is 6.04 Å². The number of nitrogens with one attached hydrogen (secondary N) is 1. The van der Waals surface area contributed by atoms with Gasteiger partial charge in [0.25, 0.3) is 0 Å². The smallest absolute Gasteiger partial charge is 0.228 e. The monoisotopic (exact) mass is 480 g/mol. The summed E-state index contributed by atoms with van der Waals surface area (Å²) in [6.45, 7) is 0.686. The summed E-state index contributed by atoms with van der Waals surface area (Å²) in [5, 5.41) is 14.5. The van der Waals surface area contributed by atoms with Crippen molar-refractivity contribution in [2.45, 2.75) is 57.0 Å². The molecule has 1 aromatic heterocycles. The SMILES string of the molecule is O=C(N[C@H](CO)c1ccccc1)C(c1ccc(Cn2ccc3ccccc32)cc1)C1CCCCCC1. The van der Waals surface area contributed by atoms with Crippen molar-refractivity contribution >= 4 is 16.8 Å². The van der Waals surface area contributed by atoms with Gasteiger partial charge in [-0.2, -0.15) is 0 Å². The van der Waals surface area contributed by atoms with Gasteiger partial charge < -0.3 is 15.0 Å². The summed E-state index contributed by atoms with van der Waals surface area (Å²) in [5.74, 6) is 0.137. The molecule has 0 radical (unpaired) electrons. The normalized spacial score (nSPS) is 16.4. The molecule has 4 aromatic rings. The number of para-hydroxylation sites is 1. The first kappa shape index (κ1) is 24.3. The second-order valence-electron chi connectivity index (χ2n) is 10.1. The van der Waals surface area contributed by atoms with Crippen molar-refractivity contribution in [1.82, 2.24) is 9.88 Å². The van der Waals surface area contributed by atoms with Crippen LogP contribution in [0.5, 0.6) is 0 Å². The predicted molar refractivity (Wildman–Crippen MR) is 146 cm³/mol. The second-order valence-corrected chi connectivity index (χ2v) is 10.1. The number of fused-ring (bicyclic) bond motifs is 1. The predicted octanol–water partition coefficient (Wildman–Crippen LogP) is 6.59. The average Bonchev–Trinajstić information content (AvgIpc) is 3.13. The van der Waals surface area contributed by atoms with Gasteiger partial charge in [0.2, 0.25) is 5.91 Å². The Balaban J connectivity index is 1.38. The van der Waals surface area contributed by atoms with Crippen LogP contribution >= 0.6 is 0 Å². The van der Waals surface area contributed by atoms with Gasteiger partial charge in [-0.25, -0.2) is 0 Å². The molecule has 36 heavy (non-hydrogen) atoms. The Bertz CT molecular complexity index is 1250. The molecule has 1 unspecified atom stereocenters. The fourth-order valence-electron chi connectivity index (χ4n) is 5.77. The number of carbonyl (C=O) groups is 1. The largest absolute Gasteiger partial charge is 0.394 e. The lowest BCUT2D eigenvalue weighted by Gasteiger charge is -2.28. The zero-order valence-electron chi connectivity index (χ0n) is 20.9. The molecule has 3 aromatic carbocycles. The molecule has 0 aliphatic heterocycles. The van der Waals surface area contributed by atoms with E-state index in [1.54, 1.807) is 0 Å². The van der Waals surface area contributed by atoms with E-state index >= 15 is 0 Å². The number of aromatic nitrogens is 1. The number of carbonyl (C=O) groups excluding carboxylic acids is 1. The number of rotatable bonds is 8. The minimum Gasteiger partial charge on any atom is -0.394 e. The summed E-state index contributed by atoms with van der Waals surface area (Å²) in [6, 6.07) is 28.6. The highest BCUT2D eigenvalue weighted by atomic mass is 16.3. The lowest BCUT2D eigenvalue weighted by Crippen LogP contribution is -2.37. The van der Waals surface area contributed by atoms with Gasteiger partial charge in [-0.1, -0.05) is 98.5 Å². The molecule has 4 heteroatoms. The summed E-state index contributed by atoms with van der Waals surface area (Å²) in [7, 11) is 0. The number of benzene rings is 3. The summed E-state index contributed by atoms with van der Waals surface area (Å²) < 4.78 is 2.27. The number of aliphatic hydroxyl groups excluding tert-OH is 1. The number of hydrogen-bond donors (Lipinski definition) is 2. The van der Waals surface area contributed by atoms with Crippen LogP contribution in [0.25, 0.3) is 10.9 Å². The molecule has 1 amide bonds. The molecule has 1 fully saturated rings. The third kappa shape index (κ3) is 5.55. The Morgan fingerprint density at radius 2 is 1.53 bits per heavy atom. The van der Waals surface area contributed by atoms with Gasteiger partial charge >= 0.3 is 0 Å². The van der Waals surface area contributed by atoms with Crippen molar-refractivity contribution in [3.63, 3.8) is 0 Å². The summed E-state index contributed by atoms with van der Waals surface area (Å²) in [4.78, 5) is 13.8. The van der Waals surface area contributed by atoms with Crippen molar-refractivity contribution in [2.24, 2.45) is 5.92 Å². The molecular formula is C32H36N2O2. The summed E-state index contributed by atoms with van der Waals surface area (Å²) in [5.41, 5.74) is 4.46. The first-order chi connectivity index (χ1) is 17.7. The van der Waals surface area contributed by atoms with Crippen LogP contribution in [0.3, 0.4) is 0 Å². The van der Waals surface area contributed by atoms with Gasteiger partial charge in [0.1, 0.15) is 0 Å². The van der Waals surface area contributed by atoms with Gasteiger partial charge in [0.05, 0.1) is 18.6 Å². The number of hydrogen-bond acceptors (Lipinski definition) is 2. The summed E-state index contributed by atoms with van der Waals surface area (Å²) >= 11 is 0. The molecule has 186 valence electrons. The van der Waals surface area contributed by atoms with Crippen LogP contribution in [0.4, 0.5) is 0 Å². The van der Waals surface area contributed by atoms with Gasteiger partial charge in [0, 0.05) is 18.3 Å². The number of amides is 1. The summed E-state index contributed by atoms with van der Waals surface area (Å²) in [6.07, 6.45) is 9.13. The number of aliphatic hydroxyl groups is 1. The van der Waals surface area contributed by atoms with Gasteiger partial charge in [-0.05, 0) is 53.0 Å². The zero-order chi connectivity index (χ0) is 24.7. The van der Waals surface area contributed by atoms with Crippen molar-refractivity contribution in [3.8, 4) is 0 Å². The fraction of sp³-hybridized carbons (Fsp3) is 0.344. The van der Waals surface area contributed by atoms with E-state index in [9.17, 15) is 9.90 Å².